The molecular formula is C24H29Cl4N3O4S. The summed E-state index contributed by atoms with van der Waals surface area (Å²) in [5.41, 5.74) is -0.0835. The fourth-order valence-corrected chi connectivity index (χ4v) is 5.32. The van der Waals surface area contributed by atoms with Crippen LogP contribution >= 0.6 is 46.4 Å². The van der Waals surface area contributed by atoms with Crippen LogP contribution in [-0.2, 0) is 26.2 Å². The smallest absolute Gasteiger partial charge is 0.244 e. The molecule has 0 aliphatic heterocycles. The Balaban J connectivity index is 2.57. The number of benzene rings is 2. The van der Waals surface area contributed by atoms with Crippen molar-refractivity contribution in [3.8, 4) is 0 Å². The van der Waals surface area contributed by atoms with E-state index in [0.717, 1.165) is 10.6 Å². The third-order valence-electron chi connectivity index (χ3n) is 5.15. The largest absolute Gasteiger partial charge is 0.350 e. The molecule has 0 bridgehead atoms. The second-order valence-electron chi connectivity index (χ2n) is 9.23. The summed E-state index contributed by atoms with van der Waals surface area (Å²) in [5, 5.41) is 3.61. The van der Waals surface area contributed by atoms with Gasteiger partial charge in [-0.2, -0.15) is 0 Å². The highest BCUT2D eigenvalue weighted by Crippen LogP contribution is 2.34. The van der Waals surface area contributed by atoms with Gasteiger partial charge < -0.3 is 10.2 Å². The fraction of sp³-hybridized carbons (Fsp3) is 0.417. The zero-order chi connectivity index (χ0) is 27.4. The molecule has 36 heavy (non-hydrogen) atoms. The molecule has 0 saturated carbocycles. The topological polar surface area (TPSA) is 86.8 Å². The predicted molar refractivity (Wildman–Crippen MR) is 148 cm³/mol. The van der Waals surface area contributed by atoms with E-state index >= 15 is 0 Å². The van der Waals surface area contributed by atoms with E-state index < -0.39 is 40.0 Å². The minimum atomic E-state index is -3.97. The number of nitrogens with zero attached hydrogens (tertiary/aromatic N) is 2. The van der Waals surface area contributed by atoms with Crippen LogP contribution in [0.5, 0.6) is 0 Å². The summed E-state index contributed by atoms with van der Waals surface area (Å²) in [6.07, 6.45) is 1.21. The number of halogens is 4. The van der Waals surface area contributed by atoms with Gasteiger partial charge in [0.05, 0.1) is 22.0 Å². The van der Waals surface area contributed by atoms with Gasteiger partial charge in [0.2, 0.25) is 21.8 Å². The van der Waals surface area contributed by atoms with Crippen LogP contribution in [0.15, 0.2) is 36.4 Å². The number of anilines is 1. The van der Waals surface area contributed by atoms with Crippen LogP contribution in [0.3, 0.4) is 0 Å². The molecule has 0 fully saturated rings. The van der Waals surface area contributed by atoms with E-state index in [4.69, 9.17) is 46.4 Å². The van der Waals surface area contributed by atoms with Gasteiger partial charge in [-0.05, 0) is 51.5 Å². The molecule has 2 amide bonds. The van der Waals surface area contributed by atoms with Crippen LogP contribution in [0, 0.1) is 0 Å². The first-order valence-corrected chi connectivity index (χ1v) is 14.4. The average Bonchev–Trinajstić information content (AvgIpc) is 2.74. The second kappa shape index (κ2) is 12.2. The van der Waals surface area contributed by atoms with Gasteiger partial charge in [0.15, 0.2) is 0 Å². The molecule has 1 atom stereocenters. The lowest BCUT2D eigenvalue weighted by Crippen LogP contribution is -2.55. The zero-order valence-electron chi connectivity index (χ0n) is 20.6. The number of amides is 2. The van der Waals surface area contributed by atoms with Crippen LogP contribution < -0.4 is 9.62 Å². The lowest BCUT2D eigenvalue weighted by atomic mass is 10.1. The maximum Gasteiger partial charge on any atom is 0.244 e. The normalized spacial score (nSPS) is 12.7. The van der Waals surface area contributed by atoms with Gasteiger partial charge in [-0.1, -0.05) is 65.5 Å². The van der Waals surface area contributed by atoms with Gasteiger partial charge >= 0.3 is 0 Å². The van der Waals surface area contributed by atoms with Crippen LogP contribution in [0.4, 0.5) is 5.69 Å². The second-order valence-corrected chi connectivity index (χ2v) is 12.7. The van der Waals surface area contributed by atoms with Crippen molar-refractivity contribution >= 4 is 73.9 Å². The summed E-state index contributed by atoms with van der Waals surface area (Å²) in [6, 6.07) is 8.45. The van der Waals surface area contributed by atoms with Crippen molar-refractivity contribution in [2.75, 3.05) is 17.1 Å². The summed E-state index contributed by atoms with van der Waals surface area (Å²) in [5.74, 6) is -1.04. The average molecular weight is 597 g/mol. The Bertz CT molecular complexity index is 1210. The van der Waals surface area contributed by atoms with Crippen LogP contribution in [-0.4, -0.2) is 49.5 Å². The van der Waals surface area contributed by atoms with Gasteiger partial charge in [0.1, 0.15) is 12.6 Å². The number of carbonyl (C=O) groups is 2. The van der Waals surface area contributed by atoms with E-state index in [1.807, 2.05) is 20.8 Å². The molecule has 12 heteroatoms. The third kappa shape index (κ3) is 7.89. The van der Waals surface area contributed by atoms with Crippen molar-refractivity contribution < 1.29 is 18.0 Å². The summed E-state index contributed by atoms with van der Waals surface area (Å²) in [7, 11) is -3.97. The Kier molecular flexibility index (Phi) is 10.4. The van der Waals surface area contributed by atoms with Crippen molar-refractivity contribution in [3.05, 3.63) is 62.1 Å². The van der Waals surface area contributed by atoms with Crippen molar-refractivity contribution in [1.82, 2.24) is 10.2 Å². The van der Waals surface area contributed by atoms with Gasteiger partial charge in [0.25, 0.3) is 0 Å². The number of carbonyl (C=O) groups excluding carboxylic acids is 2. The molecule has 0 radical (unpaired) electrons. The van der Waals surface area contributed by atoms with E-state index in [-0.39, 0.29) is 28.7 Å². The van der Waals surface area contributed by atoms with E-state index in [9.17, 15) is 18.0 Å². The molecule has 2 aromatic carbocycles. The van der Waals surface area contributed by atoms with E-state index in [0.29, 0.717) is 15.6 Å². The number of hydrogen-bond acceptors (Lipinski definition) is 4. The fourth-order valence-electron chi connectivity index (χ4n) is 3.51. The maximum absolute atomic E-state index is 13.7. The highest BCUT2D eigenvalue weighted by molar-refractivity contribution is 7.92. The molecule has 7 nitrogen and oxygen atoms in total. The van der Waals surface area contributed by atoms with Gasteiger partial charge in [-0.3, -0.25) is 13.9 Å². The van der Waals surface area contributed by atoms with Crippen molar-refractivity contribution in [3.63, 3.8) is 0 Å². The monoisotopic (exact) mass is 595 g/mol. The Morgan fingerprint density at radius 3 is 2.00 bits per heavy atom. The lowest BCUT2D eigenvalue weighted by Gasteiger charge is -2.35. The summed E-state index contributed by atoms with van der Waals surface area (Å²) in [4.78, 5) is 28.2. The molecule has 0 aliphatic carbocycles. The van der Waals surface area contributed by atoms with Crippen molar-refractivity contribution in [2.45, 2.75) is 52.2 Å². The van der Waals surface area contributed by atoms with E-state index in [2.05, 4.69) is 5.32 Å². The first kappa shape index (κ1) is 30.5. The number of sulfonamides is 1. The first-order valence-electron chi connectivity index (χ1n) is 11.0. The standard InChI is InChI=1S/C24H29Cl4N3O4S/c1-6-19(23(33)29-24(2,3)4)30(13-15-16(25)9-7-10-17(15)26)21(32)14-31(36(5,34)35)20-12-8-11-18(27)22(20)28/h7-12,19H,6,13-14H2,1-5H3,(H,29,33)/t19-/m1/s1. The zero-order valence-corrected chi connectivity index (χ0v) is 24.5. The van der Waals surface area contributed by atoms with Gasteiger partial charge in [-0.25, -0.2) is 8.42 Å². The quantitative estimate of drug-likeness (QED) is 0.397. The molecule has 2 rings (SSSR count). The molecule has 1 N–H and O–H groups in total. The molecule has 0 aromatic heterocycles. The van der Waals surface area contributed by atoms with E-state index in [1.54, 1.807) is 25.1 Å². The summed E-state index contributed by atoms with van der Waals surface area (Å²) < 4.78 is 26.3. The molecule has 2 aromatic rings. The highest BCUT2D eigenvalue weighted by Gasteiger charge is 2.34. The molecule has 0 unspecified atom stereocenters. The predicted octanol–water partition coefficient (Wildman–Crippen LogP) is 5.79. The number of nitrogens with one attached hydrogen (secondary N) is 1. The Hall–Kier alpha value is -1.71. The molecule has 0 spiro atoms. The SMILES string of the molecule is CC[C@H](C(=O)NC(C)(C)C)N(Cc1c(Cl)cccc1Cl)C(=O)CN(c1cccc(Cl)c1Cl)S(C)(=O)=O. The third-order valence-corrected chi connectivity index (χ3v) is 7.80. The van der Waals surface area contributed by atoms with Crippen LogP contribution in [0.1, 0.15) is 39.7 Å². The van der Waals surface area contributed by atoms with Gasteiger partial charge in [-0.15, -0.1) is 0 Å². The molecule has 198 valence electrons. The summed E-state index contributed by atoms with van der Waals surface area (Å²) >= 11 is 25.1. The minimum absolute atomic E-state index is 0.0180. The first-order chi connectivity index (χ1) is 16.6. The molecule has 0 heterocycles. The Labute approximate surface area is 232 Å². The van der Waals surface area contributed by atoms with Gasteiger partial charge in [0, 0.05) is 27.7 Å². The Morgan fingerprint density at radius 2 is 1.50 bits per heavy atom. The molecule has 0 aliphatic rings. The van der Waals surface area contributed by atoms with Crippen molar-refractivity contribution in [1.29, 1.82) is 0 Å². The molecular weight excluding hydrogens is 568 g/mol. The summed E-state index contributed by atoms with van der Waals surface area (Å²) in [6.45, 7) is 6.47. The number of hydrogen-bond donors (Lipinski definition) is 1. The van der Waals surface area contributed by atoms with Crippen LogP contribution in [0.2, 0.25) is 20.1 Å². The Morgan fingerprint density at radius 1 is 0.972 bits per heavy atom. The molecule has 0 saturated heterocycles. The van der Waals surface area contributed by atoms with Crippen LogP contribution in [0.25, 0.3) is 0 Å². The maximum atomic E-state index is 13.7. The van der Waals surface area contributed by atoms with Crippen molar-refractivity contribution in [2.24, 2.45) is 0 Å². The number of rotatable bonds is 9. The minimum Gasteiger partial charge on any atom is -0.350 e. The highest BCUT2D eigenvalue weighted by atomic mass is 35.5. The van der Waals surface area contributed by atoms with E-state index in [1.165, 1.54) is 23.1 Å². The lowest BCUT2D eigenvalue weighted by molar-refractivity contribution is -0.141.